The number of rotatable bonds is 15. The molecule has 0 atom stereocenters. The number of amides is 1. The Morgan fingerprint density at radius 2 is 1.43 bits per heavy atom. The number of imidazole rings is 2. The molecule has 2 aromatic heterocycles. The number of carbonyl (C=O) groups is 3. The van der Waals surface area contributed by atoms with E-state index in [1.807, 2.05) is 74.1 Å². The molecule has 6 aromatic rings. The van der Waals surface area contributed by atoms with Gasteiger partial charge in [-0.05, 0) is 92.8 Å². The number of aryl methyl sites for hydroxylation is 6. The zero-order valence-electron chi connectivity index (χ0n) is 38.8. The quantitative estimate of drug-likeness (QED) is 0.0567. The van der Waals surface area contributed by atoms with Crippen molar-refractivity contribution >= 4 is 55.8 Å². The van der Waals surface area contributed by atoms with Crippen molar-refractivity contribution in [1.29, 1.82) is 10.5 Å². The molecule has 0 aliphatic rings. The Morgan fingerprint density at radius 3 is 1.90 bits per heavy atom. The maximum atomic E-state index is 13.1. The number of benzene rings is 4. The van der Waals surface area contributed by atoms with Crippen LogP contribution in [0.3, 0.4) is 0 Å². The van der Waals surface area contributed by atoms with E-state index in [4.69, 9.17) is 20.0 Å². The van der Waals surface area contributed by atoms with Crippen molar-refractivity contribution in [2.45, 2.75) is 52.4 Å². The van der Waals surface area contributed by atoms with Gasteiger partial charge in [-0.3, -0.25) is 14.4 Å². The molecule has 18 heteroatoms. The molecule has 0 unspecified atom stereocenters. The van der Waals surface area contributed by atoms with Crippen LogP contribution in [0.5, 0.6) is 5.75 Å². The Hall–Kier alpha value is -6.47. The van der Waals surface area contributed by atoms with E-state index >= 15 is 0 Å². The summed E-state index contributed by atoms with van der Waals surface area (Å²) in [5, 5.41) is 17.4. The maximum Gasteiger partial charge on any atom is 0.243 e. The highest BCUT2D eigenvalue weighted by Gasteiger charge is 2.25. The minimum atomic E-state index is -3.69. The number of sulfonamides is 1. The van der Waals surface area contributed by atoms with E-state index in [1.165, 1.54) is 18.3 Å². The van der Waals surface area contributed by atoms with Crippen LogP contribution >= 0.6 is 28.3 Å². The molecule has 4 aromatic carbocycles. The van der Waals surface area contributed by atoms with Gasteiger partial charge in [-0.1, -0.05) is 64.5 Å². The number of hydrogen-bond donors (Lipinski definition) is 2. The number of nitriles is 2. The van der Waals surface area contributed by atoms with E-state index < -0.39 is 10.0 Å². The van der Waals surface area contributed by atoms with Crippen LogP contribution in [0.15, 0.2) is 102 Å². The number of nitrogens with one attached hydrogen (secondary N) is 1. The first-order chi connectivity index (χ1) is 31.3. The van der Waals surface area contributed by atoms with Gasteiger partial charge in [0.1, 0.15) is 24.0 Å². The normalized spacial score (nSPS) is 10.3. The molecule has 15 nitrogen and oxygen atoms in total. The highest BCUT2D eigenvalue weighted by atomic mass is 79.9. The van der Waals surface area contributed by atoms with Crippen molar-refractivity contribution in [2.24, 2.45) is 12.8 Å². The number of likely N-dealkylation sites (N-methyl/N-ethyl adjacent to an activating group) is 1. The van der Waals surface area contributed by atoms with Crippen molar-refractivity contribution in [1.82, 2.24) is 23.8 Å². The van der Waals surface area contributed by atoms with E-state index in [1.54, 1.807) is 75.7 Å². The summed E-state index contributed by atoms with van der Waals surface area (Å²) in [6, 6.07) is 29.5. The fraction of sp³-hybridized carbons (Fsp3) is 0.286. The predicted octanol–water partition coefficient (Wildman–Crippen LogP) is 8.17. The Labute approximate surface area is 407 Å². The second-order valence-corrected chi connectivity index (χ2v) is 17.5. The number of aromatic amines is 1. The van der Waals surface area contributed by atoms with Crippen molar-refractivity contribution in [3.05, 3.63) is 142 Å². The summed E-state index contributed by atoms with van der Waals surface area (Å²) in [6.45, 7) is 8.91. The summed E-state index contributed by atoms with van der Waals surface area (Å²) < 4.78 is 40.0. The highest BCUT2D eigenvalue weighted by molar-refractivity contribution is 9.09. The third kappa shape index (κ3) is 18.0. The third-order valence-corrected chi connectivity index (χ3v) is 12.4. The van der Waals surface area contributed by atoms with Gasteiger partial charge in [0.25, 0.3) is 0 Å². The number of nitrogens with zero attached hydrogens (tertiary/aromatic N) is 6. The molecule has 0 saturated carbocycles. The number of ether oxygens (including phenoxy) is 2. The lowest BCUT2D eigenvalue weighted by atomic mass is 10.0. The molecule has 2 heterocycles. The van der Waals surface area contributed by atoms with Crippen molar-refractivity contribution in [2.75, 3.05) is 39.2 Å². The zero-order chi connectivity index (χ0) is 49.0. The minimum Gasteiger partial charge on any atom is -0.497 e. The topological polar surface area (TPSA) is 227 Å². The van der Waals surface area contributed by atoms with Crippen molar-refractivity contribution < 1.29 is 32.3 Å². The number of hydrogen-bond acceptors (Lipinski definition) is 11. The number of methoxy groups -OCH3 is 1. The number of alkyl halides is 1. The Bertz CT molecular complexity index is 2720. The fourth-order valence-electron chi connectivity index (χ4n) is 6.09. The smallest absolute Gasteiger partial charge is 0.243 e. The summed E-state index contributed by atoms with van der Waals surface area (Å²) in [7, 11) is 1.34. The van der Waals surface area contributed by atoms with Gasteiger partial charge in [-0.25, -0.2) is 18.4 Å². The van der Waals surface area contributed by atoms with Crippen LogP contribution in [0, 0.1) is 50.4 Å². The van der Waals surface area contributed by atoms with Gasteiger partial charge < -0.3 is 24.8 Å². The van der Waals surface area contributed by atoms with E-state index in [2.05, 4.69) is 42.7 Å². The van der Waals surface area contributed by atoms with Crippen LogP contribution in [0.1, 0.15) is 63.2 Å². The van der Waals surface area contributed by atoms with Crippen molar-refractivity contribution in [3.8, 4) is 40.4 Å². The summed E-state index contributed by atoms with van der Waals surface area (Å²) in [5.74, 6) is 2.14. The number of aromatic nitrogens is 4. The van der Waals surface area contributed by atoms with Crippen LogP contribution < -0.4 is 10.5 Å². The second kappa shape index (κ2) is 27.9. The number of nitrogens with two attached hydrogens (primary N) is 1. The zero-order valence-corrected chi connectivity index (χ0v) is 42.0. The average molecular weight is 1020 g/mol. The standard InChI is InChI=1S/C27H35N3O5S.C11H9N3.C9H6BrNO.C2H5NO.ClH/c1-19-15-25(34-6)16-20(2)27(19)36(32,33)30(5)13-14-35-18-24(31)12-9-22-7-10-23(11-8-22)26-17-29(4)21(3)28-26;1-8-13-7-11(14-8)10-4-2-9(6-12)3-5-10;10-5-9(12)8-3-1-7(6-11)2-4-8;1-2(3)4;/h7-8,10-11,15-17H,9,12-14,18H2,1-6H3;2-5,7H,1H3,(H,13,14);1-4H,5H2;1H3,(H2,3,4);1H. The lowest BCUT2D eigenvalue weighted by Gasteiger charge is -2.20. The van der Waals surface area contributed by atoms with Crippen LogP contribution in [0.4, 0.5) is 0 Å². The molecule has 0 radical (unpaired) electrons. The lowest BCUT2D eigenvalue weighted by molar-refractivity contribution is -0.123. The van der Waals surface area contributed by atoms with Crippen molar-refractivity contribution in [3.63, 3.8) is 0 Å². The number of Topliss-reactive ketones (excluding diaryl/α,β-unsaturated/α-hetero) is 2. The van der Waals surface area contributed by atoms with E-state index in [0.717, 1.165) is 39.7 Å². The molecule has 67 heavy (non-hydrogen) atoms. The summed E-state index contributed by atoms with van der Waals surface area (Å²) >= 11 is 3.07. The lowest BCUT2D eigenvalue weighted by Crippen LogP contribution is -2.31. The monoisotopic (exact) mass is 1010 g/mol. The van der Waals surface area contributed by atoms with Gasteiger partial charge in [0.15, 0.2) is 11.6 Å². The molecule has 0 spiro atoms. The average Bonchev–Trinajstić information content (AvgIpc) is 3.90. The number of halogens is 2. The van der Waals surface area contributed by atoms with Crippen LogP contribution in [0.2, 0.25) is 0 Å². The molecule has 0 fully saturated rings. The summed E-state index contributed by atoms with van der Waals surface area (Å²) in [4.78, 5) is 44.6. The maximum absolute atomic E-state index is 13.1. The fourth-order valence-corrected chi connectivity index (χ4v) is 7.97. The van der Waals surface area contributed by atoms with E-state index in [-0.39, 0.29) is 54.5 Å². The largest absolute Gasteiger partial charge is 0.497 e. The molecular formula is C49H56BrClN8O7S. The van der Waals surface area contributed by atoms with Crippen LogP contribution in [-0.4, -0.2) is 89.0 Å². The van der Waals surface area contributed by atoms with Gasteiger partial charge in [0, 0.05) is 51.3 Å². The minimum absolute atomic E-state index is 0. The van der Waals surface area contributed by atoms with Gasteiger partial charge in [-0.15, -0.1) is 12.4 Å². The Kier molecular flexibility index (Phi) is 23.6. The van der Waals surface area contributed by atoms with Gasteiger partial charge in [0.05, 0.1) is 64.8 Å². The Morgan fingerprint density at radius 1 is 0.896 bits per heavy atom. The van der Waals surface area contributed by atoms with Gasteiger partial charge >= 0.3 is 0 Å². The second-order valence-electron chi connectivity index (χ2n) is 14.9. The molecule has 0 aliphatic heterocycles. The summed E-state index contributed by atoms with van der Waals surface area (Å²) in [6.07, 6.45) is 4.76. The number of ketones is 2. The predicted molar refractivity (Wildman–Crippen MR) is 265 cm³/mol. The SMILES string of the molecule is CC(N)=O.COc1cc(C)c(S(=O)(=O)N(C)CCOCC(=O)CCc2ccc(-c3cn(C)c(C)n3)cc2)c(C)c1.Cc1ncc(-c2ccc(C#N)cc2)[nH]1.Cl.N#Cc1ccc(C(=O)CBr)cc1. The van der Waals surface area contributed by atoms with E-state index in [0.29, 0.717) is 51.7 Å². The van der Waals surface area contributed by atoms with Crippen LogP contribution in [-0.2, 0) is 37.8 Å². The molecule has 6 rings (SSSR count). The summed E-state index contributed by atoms with van der Waals surface area (Å²) in [5.41, 5.74) is 12.6. The number of primary amides is 1. The molecule has 3 N–H and O–H groups in total. The molecule has 0 bridgehead atoms. The molecular weight excluding hydrogens is 960 g/mol. The molecule has 354 valence electrons. The molecule has 0 aliphatic carbocycles. The van der Waals surface area contributed by atoms with Gasteiger partial charge in [-0.2, -0.15) is 14.8 Å². The highest BCUT2D eigenvalue weighted by Crippen LogP contribution is 2.28. The third-order valence-electron chi connectivity index (χ3n) is 9.69. The first-order valence-electron chi connectivity index (χ1n) is 20.5. The number of H-pyrrole nitrogens is 1. The Balaban J connectivity index is 0.000000402. The number of carbonyl (C=O) groups excluding carboxylic acids is 3. The van der Waals surface area contributed by atoms with Crippen LogP contribution in [0.25, 0.3) is 22.5 Å². The molecule has 0 saturated heterocycles. The van der Waals surface area contributed by atoms with E-state index in [9.17, 15) is 22.8 Å². The first-order valence-corrected chi connectivity index (χ1v) is 23.1. The first kappa shape index (κ1) is 56.7. The molecule has 1 amide bonds. The van der Waals surface area contributed by atoms with Gasteiger partial charge in [0.2, 0.25) is 15.9 Å².